The van der Waals surface area contributed by atoms with Gasteiger partial charge in [-0.1, -0.05) is 26.2 Å². The summed E-state index contributed by atoms with van der Waals surface area (Å²) in [6.45, 7) is 3.02. The summed E-state index contributed by atoms with van der Waals surface area (Å²) < 4.78 is 6.51. The Morgan fingerprint density at radius 2 is 2.27 bits per heavy atom. The quantitative estimate of drug-likeness (QED) is 0.534. The fourth-order valence-corrected chi connectivity index (χ4v) is 1.48. The van der Waals surface area contributed by atoms with Crippen LogP contribution in [0.5, 0.6) is 0 Å². The molecule has 0 fully saturated rings. The van der Waals surface area contributed by atoms with Gasteiger partial charge in [-0.25, -0.2) is 9.78 Å². The van der Waals surface area contributed by atoms with Crippen molar-refractivity contribution in [3.8, 4) is 0 Å². The van der Waals surface area contributed by atoms with Crippen LogP contribution in [0.25, 0.3) is 0 Å². The first-order chi connectivity index (χ1) is 7.29. The van der Waals surface area contributed by atoms with Gasteiger partial charge in [-0.2, -0.15) is 0 Å². The van der Waals surface area contributed by atoms with Crippen LogP contribution in [0, 0.1) is 0 Å². The van der Waals surface area contributed by atoms with Crippen LogP contribution >= 0.6 is 0 Å². The summed E-state index contributed by atoms with van der Waals surface area (Å²) in [6.07, 6.45) is 7.95. The number of esters is 1. The highest BCUT2D eigenvalue weighted by Gasteiger charge is 2.10. The predicted molar refractivity (Wildman–Crippen MR) is 57.7 cm³/mol. The number of aromatic nitrogens is 2. The van der Waals surface area contributed by atoms with Crippen LogP contribution in [0.1, 0.15) is 43.1 Å². The van der Waals surface area contributed by atoms with Gasteiger partial charge < -0.3 is 9.30 Å². The average molecular weight is 210 g/mol. The number of rotatable bonds is 6. The molecule has 15 heavy (non-hydrogen) atoms. The summed E-state index contributed by atoms with van der Waals surface area (Å²) in [6, 6.07) is 0. The summed E-state index contributed by atoms with van der Waals surface area (Å²) in [4.78, 5) is 15.3. The van der Waals surface area contributed by atoms with E-state index in [1.165, 1.54) is 26.4 Å². The maximum atomic E-state index is 11.3. The van der Waals surface area contributed by atoms with Crippen molar-refractivity contribution in [2.75, 3.05) is 7.11 Å². The number of nitrogens with zero attached hydrogens (tertiary/aromatic N) is 2. The van der Waals surface area contributed by atoms with E-state index in [9.17, 15) is 4.79 Å². The van der Waals surface area contributed by atoms with Gasteiger partial charge in [0.15, 0.2) is 0 Å². The van der Waals surface area contributed by atoms with Crippen LogP contribution in [0.4, 0.5) is 0 Å². The Labute approximate surface area is 90.3 Å². The maximum absolute atomic E-state index is 11.3. The van der Waals surface area contributed by atoms with Crippen molar-refractivity contribution in [3.05, 3.63) is 18.2 Å². The number of ether oxygens (including phenoxy) is 1. The summed E-state index contributed by atoms with van der Waals surface area (Å²) in [5.41, 5.74) is 0.536. The Hall–Kier alpha value is -1.32. The van der Waals surface area contributed by atoms with Gasteiger partial charge >= 0.3 is 5.97 Å². The molecule has 0 unspecified atom stereocenters. The standard InChI is InChI=1S/C11H18N2O2/c1-3-4-5-6-7-13-9-12-8-10(13)11(14)15-2/h8-9H,3-7H2,1-2H3. The number of aryl methyl sites for hydroxylation is 1. The monoisotopic (exact) mass is 210 g/mol. The molecule has 0 radical (unpaired) electrons. The van der Waals surface area contributed by atoms with Crippen LogP contribution in [0.3, 0.4) is 0 Å². The molecule has 0 atom stereocenters. The molecule has 1 aromatic rings. The Kier molecular flexibility index (Phi) is 4.87. The SMILES string of the molecule is CCCCCCn1cncc1C(=O)OC. The van der Waals surface area contributed by atoms with E-state index >= 15 is 0 Å². The number of methoxy groups -OCH3 is 1. The van der Waals surface area contributed by atoms with Crippen LogP contribution in [0.2, 0.25) is 0 Å². The van der Waals surface area contributed by atoms with Gasteiger partial charge in [-0.15, -0.1) is 0 Å². The van der Waals surface area contributed by atoms with E-state index in [4.69, 9.17) is 0 Å². The molecule has 0 bridgehead atoms. The van der Waals surface area contributed by atoms with Gasteiger partial charge in [-0.05, 0) is 6.42 Å². The van der Waals surface area contributed by atoms with Crippen molar-refractivity contribution in [3.63, 3.8) is 0 Å². The second kappa shape index (κ2) is 6.22. The van der Waals surface area contributed by atoms with E-state index in [1.807, 2.05) is 4.57 Å². The molecule has 1 aromatic heterocycles. The molecule has 0 N–H and O–H groups in total. The molecule has 0 spiro atoms. The third kappa shape index (κ3) is 3.38. The zero-order chi connectivity index (χ0) is 11.1. The summed E-state index contributed by atoms with van der Waals surface area (Å²) in [5.74, 6) is -0.317. The molecule has 4 nitrogen and oxygen atoms in total. The third-order valence-corrected chi connectivity index (χ3v) is 2.36. The van der Waals surface area contributed by atoms with Crippen molar-refractivity contribution < 1.29 is 9.53 Å². The lowest BCUT2D eigenvalue weighted by atomic mass is 10.2. The fraction of sp³-hybridized carbons (Fsp3) is 0.636. The molecule has 1 rings (SSSR count). The van der Waals surface area contributed by atoms with E-state index in [2.05, 4.69) is 16.6 Å². The van der Waals surface area contributed by atoms with E-state index in [0.717, 1.165) is 13.0 Å². The lowest BCUT2D eigenvalue weighted by Gasteiger charge is -2.05. The maximum Gasteiger partial charge on any atom is 0.356 e. The number of hydrogen-bond acceptors (Lipinski definition) is 3. The number of unbranched alkanes of at least 4 members (excludes halogenated alkanes) is 3. The van der Waals surface area contributed by atoms with Crippen LogP contribution in [-0.2, 0) is 11.3 Å². The van der Waals surface area contributed by atoms with Crippen LogP contribution in [0.15, 0.2) is 12.5 Å². The average Bonchev–Trinajstić information content (AvgIpc) is 2.71. The van der Waals surface area contributed by atoms with Crippen molar-refractivity contribution in [2.24, 2.45) is 0 Å². The van der Waals surface area contributed by atoms with E-state index in [-0.39, 0.29) is 5.97 Å². The Bertz CT molecular complexity index is 307. The second-order valence-electron chi connectivity index (χ2n) is 3.52. The van der Waals surface area contributed by atoms with E-state index in [0.29, 0.717) is 5.69 Å². The van der Waals surface area contributed by atoms with Crippen molar-refractivity contribution in [1.29, 1.82) is 0 Å². The Balaban J connectivity index is 2.46. The normalized spacial score (nSPS) is 10.3. The molecule has 0 saturated carbocycles. The fourth-order valence-electron chi connectivity index (χ4n) is 1.48. The minimum atomic E-state index is -0.317. The van der Waals surface area contributed by atoms with Crippen molar-refractivity contribution in [2.45, 2.75) is 39.2 Å². The first kappa shape index (κ1) is 11.8. The molecular formula is C11H18N2O2. The molecule has 0 saturated heterocycles. The molecule has 84 valence electrons. The van der Waals surface area contributed by atoms with Crippen molar-refractivity contribution >= 4 is 5.97 Å². The first-order valence-electron chi connectivity index (χ1n) is 5.38. The topological polar surface area (TPSA) is 44.1 Å². The summed E-state index contributed by atoms with van der Waals surface area (Å²) >= 11 is 0. The molecule has 0 aliphatic rings. The lowest BCUT2D eigenvalue weighted by Crippen LogP contribution is -2.10. The molecule has 0 aromatic carbocycles. The third-order valence-electron chi connectivity index (χ3n) is 2.36. The van der Waals surface area contributed by atoms with Gasteiger partial charge in [0, 0.05) is 6.54 Å². The largest absolute Gasteiger partial charge is 0.464 e. The highest BCUT2D eigenvalue weighted by atomic mass is 16.5. The summed E-state index contributed by atoms with van der Waals surface area (Å²) in [5, 5.41) is 0. The van der Waals surface area contributed by atoms with Gasteiger partial charge in [-0.3, -0.25) is 0 Å². The van der Waals surface area contributed by atoms with Gasteiger partial charge in [0.05, 0.1) is 19.6 Å². The van der Waals surface area contributed by atoms with Gasteiger partial charge in [0.1, 0.15) is 5.69 Å². The minimum Gasteiger partial charge on any atom is -0.464 e. The summed E-state index contributed by atoms with van der Waals surface area (Å²) in [7, 11) is 1.39. The molecule has 0 amide bonds. The molecule has 1 heterocycles. The zero-order valence-electron chi connectivity index (χ0n) is 9.40. The number of hydrogen-bond donors (Lipinski definition) is 0. The van der Waals surface area contributed by atoms with Crippen LogP contribution in [-0.4, -0.2) is 22.6 Å². The number of carbonyl (C=O) groups is 1. The van der Waals surface area contributed by atoms with Gasteiger partial charge in [0.25, 0.3) is 0 Å². The molecule has 4 heteroatoms. The Morgan fingerprint density at radius 1 is 1.47 bits per heavy atom. The highest BCUT2D eigenvalue weighted by molar-refractivity contribution is 5.87. The number of imidazole rings is 1. The minimum absolute atomic E-state index is 0.317. The van der Waals surface area contributed by atoms with Crippen LogP contribution < -0.4 is 0 Å². The Morgan fingerprint density at radius 3 is 2.93 bits per heavy atom. The predicted octanol–water partition coefficient (Wildman–Crippen LogP) is 2.25. The smallest absolute Gasteiger partial charge is 0.356 e. The molecule has 0 aliphatic heterocycles. The van der Waals surface area contributed by atoms with Crippen molar-refractivity contribution in [1.82, 2.24) is 9.55 Å². The molecular weight excluding hydrogens is 192 g/mol. The lowest BCUT2D eigenvalue weighted by molar-refractivity contribution is 0.0588. The van der Waals surface area contributed by atoms with Gasteiger partial charge in [0.2, 0.25) is 0 Å². The van der Waals surface area contributed by atoms with E-state index < -0.39 is 0 Å². The molecule has 0 aliphatic carbocycles. The zero-order valence-corrected chi connectivity index (χ0v) is 9.40. The number of carbonyl (C=O) groups excluding carboxylic acids is 1. The first-order valence-corrected chi connectivity index (χ1v) is 5.38. The highest BCUT2D eigenvalue weighted by Crippen LogP contribution is 2.06. The second-order valence-corrected chi connectivity index (χ2v) is 3.52. The van der Waals surface area contributed by atoms with E-state index in [1.54, 1.807) is 12.5 Å².